The summed E-state index contributed by atoms with van der Waals surface area (Å²) >= 11 is 7.76. The van der Waals surface area contributed by atoms with Crippen molar-refractivity contribution in [1.29, 1.82) is 0 Å². The molecule has 0 fully saturated rings. The molecule has 1 atom stereocenters. The number of nitrogens with one attached hydrogen (secondary N) is 1. The minimum Gasteiger partial charge on any atom is -0.349 e. The Morgan fingerprint density at radius 3 is 2.61 bits per heavy atom. The summed E-state index contributed by atoms with van der Waals surface area (Å²) in [5.74, 6) is 2.19. The number of carbonyl (C=O) groups is 1. The molecule has 18 heavy (non-hydrogen) atoms. The van der Waals surface area contributed by atoms with Gasteiger partial charge < -0.3 is 5.32 Å². The highest BCUT2D eigenvalue weighted by atomic mass is 35.5. The lowest BCUT2D eigenvalue weighted by molar-refractivity contribution is -0.119. The fourth-order valence-electron chi connectivity index (χ4n) is 1.57. The molecule has 0 saturated carbocycles. The first-order valence-corrected chi connectivity index (χ1v) is 7.65. The lowest BCUT2D eigenvalue weighted by Gasteiger charge is -2.15. The van der Waals surface area contributed by atoms with Gasteiger partial charge in [-0.25, -0.2) is 0 Å². The van der Waals surface area contributed by atoms with Crippen LogP contribution >= 0.6 is 23.4 Å². The normalized spacial score (nSPS) is 12.5. The van der Waals surface area contributed by atoms with Gasteiger partial charge in [-0.3, -0.25) is 4.79 Å². The van der Waals surface area contributed by atoms with E-state index in [-0.39, 0.29) is 11.9 Å². The summed E-state index contributed by atoms with van der Waals surface area (Å²) in [5, 5.41) is 3.66. The van der Waals surface area contributed by atoms with Crippen molar-refractivity contribution in [3.8, 4) is 0 Å². The maximum Gasteiger partial charge on any atom is 0.230 e. The molecule has 0 radical (unpaired) electrons. The average Bonchev–Trinajstić information content (AvgIpc) is 2.28. The minimum atomic E-state index is -0.0501. The largest absolute Gasteiger partial charge is 0.349 e. The third-order valence-electron chi connectivity index (χ3n) is 2.43. The van der Waals surface area contributed by atoms with Crippen LogP contribution in [0.4, 0.5) is 0 Å². The van der Waals surface area contributed by atoms with Gasteiger partial charge in [-0.2, -0.15) is 11.8 Å². The van der Waals surface area contributed by atoms with Crippen LogP contribution in [0.5, 0.6) is 0 Å². The number of hydrogen-bond acceptors (Lipinski definition) is 2. The number of benzene rings is 1. The predicted molar refractivity (Wildman–Crippen MR) is 80.2 cm³/mol. The van der Waals surface area contributed by atoms with E-state index in [1.807, 2.05) is 31.2 Å². The highest BCUT2D eigenvalue weighted by molar-refractivity contribution is 7.99. The third-order valence-corrected chi connectivity index (χ3v) is 4.15. The summed E-state index contributed by atoms with van der Waals surface area (Å²) in [6.07, 6.45) is 0. The van der Waals surface area contributed by atoms with E-state index in [0.717, 1.165) is 11.3 Å². The van der Waals surface area contributed by atoms with E-state index in [9.17, 15) is 4.79 Å². The topological polar surface area (TPSA) is 29.1 Å². The Bertz CT molecular complexity index is 395. The molecule has 0 aliphatic rings. The Hall–Kier alpha value is -0.670. The Morgan fingerprint density at radius 2 is 2.00 bits per heavy atom. The van der Waals surface area contributed by atoms with Crippen LogP contribution in [0, 0.1) is 5.92 Å². The minimum absolute atomic E-state index is 0.0501. The van der Waals surface area contributed by atoms with E-state index in [0.29, 0.717) is 16.7 Å². The summed E-state index contributed by atoms with van der Waals surface area (Å²) in [6.45, 7) is 6.25. The van der Waals surface area contributed by atoms with Gasteiger partial charge >= 0.3 is 0 Å². The standard InChI is InChI=1S/C14H20ClNOS/c1-10(2)8-18-9-14(17)16-11(3)12-6-4-5-7-13(12)15/h4-7,10-11H,8-9H2,1-3H3,(H,16,17). The van der Waals surface area contributed by atoms with Crippen molar-refractivity contribution in [2.75, 3.05) is 11.5 Å². The van der Waals surface area contributed by atoms with Gasteiger partial charge in [0.05, 0.1) is 11.8 Å². The Kier molecular flexibility index (Phi) is 6.58. The van der Waals surface area contributed by atoms with Gasteiger partial charge in [-0.1, -0.05) is 43.6 Å². The molecule has 0 aromatic heterocycles. The quantitative estimate of drug-likeness (QED) is 0.859. The summed E-state index contributed by atoms with van der Waals surface area (Å²) in [4.78, 5) is 11.7. The molecular weight excluding hydrogens is 266 g/mol. The molecule has 1 unspecified atom stereocenters. The van der Waals surface area contributed by atoms with Crippen LogP contribution in [0.2, 0.25) is 5.02 Å². The average molecular weight is 286 g/mol. The van der Waals surface area contributed by atoms with Gasteiger partial charge in [0.1, 0.15) is 0 Å². The van der Waals surface area contributed by atoms with Crippen LogP contribution in [0.15, 0.2) is 24.3 Å². The van der Waals surface area contributed by atoms with Crippen molar-refractivity contribution in [3.05, 3.63) is 34.9 Å². The molecule has 0 aliphatic heterocycles. The smallest absolute Gasteiger partial charge is 0.230 e. The van der Waals surface area contributed by atoms with E-state index in [1.54, 1.807) is 11.8 Å². The highest BCUT2D eigenvalue weighted by Gasteiger charge is 2.12. The number of rotatable bonds is 6. The van der Waals surface area contributed by atoms with Crippen LogP contribution in [0.3, 0.4) is 0 Å². The van der Waals surface area contributed by atoms with Crippen LogP contribution in [0.1, 0.15) is 32.4 Å². The molecule has 0 aliphatic carbocycles. The van der Waals surface area contributed by atoms with E-state index >= 15 is 0 Å². The van der Waals surface area contributed by atoms with Crippen LogP contribution in [-0.4, -0.2) is 17.4 Å². The number of amides is 1. The van der Waals surface area contributed by atoms with Crippen molar-refractivity contribution in [2.24, 2.45) is 5.92 Å². The Labute approximate surface area is 118 Å². The molecule has 0 heterocycles. The first-order chi connectivity index (χ1) is 8.50. The number of halogens is 1. The molecule has 2 nitrogen and oxygen atoms in total. The SMILES string of the molecule is CC(C)CSCC(=O)NC(C)c1ccccc1Cl. The second-order valence-electron chi connectivity index (χ2n) is 4.72. The lowest BCUT2D eigenvalue weighted by atomic mass is 10.1. The van der Waals surface area contributed by atoms with Crippen molar-refractivity contribution in [3.63, 3.8) is 0 Å². The summed E-state index contributed by atoms with van der Waals surface area (Å²) in [6, 6.07) is 7.54. The molecule has 1 amide bonds. The van der Waals surface area contributed by atoms with Crippen molar-refractivity contribution < 1.29 is 4.79 Å². The first-order valence-electron chi connectivity index (χ1n) is 6.12. The summed E-state index contributed by atoms with van der Waals surface area (Å²) in [7, 11) is 0. The maximum absolute atomic E-state index is 11.7. The van der Waals surface area contributed by atoms with Gasteiger partial charge in [0.15, 0.2) is 0 Å². The van der Waals surface area contributed by atoms with Crippen LogP contribution in [-0.2, 0) is 4.79 Å². The molecule has 1 rings (SSSR count). The van der Waals surface area contributed by atoms with Gasteiger partial charge in [-0.15, -0.1) is 0 Å². The monoisotopic (exact) mass is 285 g/mol. The molecule has 1 N–H and O–H groups in total. The molecule has 4 heteroatoms. The summed E-state index contributed by atoms with van der Waals surface area (Å²) in [5.41, 5.74) is 0.960. The zero-order valence-electron chi connectivity index (χ0n) is 11.1. The van der Waals surface area contributed by atoms with Crippen molar-refractivity contribution >= 4 is 29.3 Å². The highest BCUT2D eigenvalue weighted by Crippen LogP contribution is 2.22. The fraction of sp³-hybridized carbons (Fsp3) is 0.500. The van der Waals surface area contributed by atoms with E-state index in [2.05, 4.69) is 19.2 Å². The van der Waals surface area contributed by atoms with Gasteiger partial charge in [-0.05, 0) is 30.2 Å². The second-order valence-corrected chi connectivity index (χ2v) is 6.16. The zero-order valence-corrected chi connectivity index (χ0v) is 12.6. The second kappa shape index (κ2) is 7.70. The Balaban J connectivity index is 2.42. The van der Waals surface area contributed by atoms with Crippen LogP contribution < -0.4 is 5.32 Å². The molecule has 0 spiro atoms. The van der Waals surface area contributed by atoms with Crippen molar-refractivity contribution in [2.45, 2.75) is 26.8 Å². The number of carbonyl (C=O) groups excluding carboxylic acids is 1. The summed E-state index contributed by atoms with van der Waals surface area (Å²) < 4.78 is 0. The van der Waals surface area contributed by atoms with Gasteiger partial charge in [0.25, 0.3) is 0 Å². The number of thioether (sulfide) groups is 1. The first kappa shape index (κ1) is 15.4. The fourth-order valence-corrected chi connectivity index (χ4v) is 2.73. The molecule has 100 valence electrons. The number of hydrogen-bond donors (Lipinski definition) is 1. The predicted octanol–water partition coefficient (Wildman–Crippen LogP) is 3.91. The maximum atomic E-state index is 11.7. The van der Waals surface area contributed by atoms with Crippen molar-refractivity contribution in [1.82, 2.24) is 5.32 Å². The molecule has 0 saturated heterocycles. The van der Waals surface area contributed by atoms with Crippen LogP contribution in [0.25, 0.3) is 0 Å². The van der Waals surface area contributed by atoms with E-state index in [4.69, 9.17) is 11.6 Å². The lowest BCUT2D eigenvalue weighted by Crippen LogP contribution is -2.28. The molecule has 0 bridgehead atoms. The third kappa shape index (κ3) is 5.32. The molecule has 1 aromatic carbocycles. The Morgan fingerprint density at radius 1 is 1.33 bits per heavy atom. The molecule has 1 aromatic rings. The van der Waals surface area contributed by atoms with E-state index in [1.165, 1.54) is 0 Å². The molecular formula is C14H20ClNOS. The zero-order chi connectivity index (χ0) is 13.5. The van der Waals surface area contributed by atoms with Gasteiger partial charge in [0, 0.05) is 5.02 Å². The van der Waals surface area contributed by atoms with E-state index < -0.39 is 0 Å². The van der Waals surface area contributed by atoms with Gasteiger partial charge in [0.2, 0.25) is 5.91 Å².